The number of rotatable bonds is 43. The first kappa shape index (κ1) is 60.4. The third-order valence-electron chi connectivity index (χ3n) is 12.0. The Kier molecular flexibility index (Phi) is 42.0. The number of aliphatic hydroxyl groups is 5. The van der Waals surface area contributed by atoms with E-state index in [0.717, 1.165) is 70.6 Å². The van der Waals surface area contributed by atoms with Crippen molar-refractivity contribution in [3.05, 3.63) is 85.1 Å². The van der Waals surface area contributed by atoms with Crippen molar-refractivity contribution in [1.29, 1.82) is 0 Å². The monoisotopic (exact) mass is 912 g/mol. The fraction of sp³-hybridized carbons (Fsp3) is 0.732. The number of hydrogen-bond acceptors (Lipinski definition) is 8. The SMILES string of the molecule is CC/C=C\C/C=C\C/C=C\C/C=C\C/C=C\C/C=C\C/C=C\CCCC(=O)NC(COC1OC(CO)C(O)C(O)C1O)C(O)CCCCCCCCCCCCCCCCCCCCC. The van der Waals surface area contributed by atoms with Crippen LogP contribution < -0.4 is 5.32 Å². The molecule has 0 radical (unpaired) electrons. The van der Waals surface area contributed by atoms with Gasteiger partial charge in [-0.05, 0) is 64.2 Å². The summed E-state index contributed by atoms with van der Waals surface area (Å²) in [5, 5.41) is 54.5. The highest BCUT2D eigenvalue weighted by Gasteiger charge is 2.44. The van der Waals surface area contributed by atoms with Crippen molar-refractivity contribution >= 4 is 5.91 Å². The predicted molar refractivity (Wildman–Crippen MR) is 271 cm³/mol. The Balaban J connectivity index is 2.33. The maximum absolute atomic E-state index is 13.0. The van der Waals surface area contributed by atoms with Gasteiger partial charge in [0.05, 0.1) is 25.4 Å². The molecule has 1 aliphatic rings. The molecule has 0 aromatic carbocycles. The first-order valence-corrected chi connectivity index (χ1v) is 26.3. The molecule has 1 aliphatic heterocycles. The molecule has 7 atom stereocenters. The van der Waals surface area contributed by atoms with Crippen molar-refractivity contribution in [1.82, 2.24) is 5.32 Å². The molecule has 1 rings (SSSR count). The predicted octanol–water partition coefficient (Wildman–Crippen LogP) is 12.3. The van der Waals surface area contributed by atoms with Crippen LogP contribution in [0.25, 0.3) is 0 Å². The van der Waals surface area contributed by atoms with Crippen LogP contribution in [0.2, 0.25) is 0 Å². The Morgan fingerprint density at radius 3 is 1.35 bits per heavy atom. The highest BCUT2D eigenvalue weighted by atomic mass is 16.7. The maximum atomic E-state index is 13.0. The van der Waals surface area contributed by atoms with Crippen LogP contribution in [0.5, 0.6) is 0 Å². The van der Waals surface area contributed by atoms with Gasteiger partial charge in [0.15, 0.2) is 6.29 Å². The van der Waals surface area contributed by atoms with E-state index in [2.05, 4.69) is 104 Å². The minimum atomic E-state index is -1.57. The van der Waals surface area contributed by atoms with Crippen molar-refractivity contribution in [2.45, 2.75) is 249 Å². The van der Waals surface area contributed by atoms with E-state index in [1.54, 1.807) is 0 Å². The molecule has 7 unspecified atom stereocenters. The lowest BCUT2D eigenvalue weighted by molar-refractivity contribution is -0.302. The number of allylic oxidation sites excluding steroid dienone is 14. The van der Waals surface area contributed by atoms with Gasteiger partial charge < -0.3 is 40.3 Å². The summed E-state index contributed by atoms with van der Waals surface area (Å²) >= 11 is 0. The molecule has 1 amide bonds. The summed E-state index contributed by atoms with van der Waals surface area (Å²) in [4.78, 5) is 13.0. The van der Waals surface area contributed by atoms with Gasteiger partial charge in [-0.15, -0.1) is 0 Å². The highest BCUT2D eigenvalue weighted by molar-refractivity contribution is 5.76. The largest absolute Gasteiger partial charge is 0.394 e. The molecule has 6 N–H and O–H groups in total. The number of nitrogens with one attached hydrogen (secondary N) is 1. The second-order valence-corrected chi connectivity index (χ2v) is 17.9. The number of aliphatic hydroxyl groups excluding tert-OH is 5. The normalized spacial score (nSPS) is 20.6. The molecule has 0 saturated carbocycles. The lowest BCUT2D eigenvalue weighted by Crippen LogP contribution is -2.60. The number of amides is 1. The van der Waals surface area contributed by atoms with Gasteiger partial charge >= 0.3 is 0 Å². The summed E-state index contributed by atoms with van der Waals surface area (Å²) < 4.78 is 11.3. The van der Waals surface area contributed by atoms with Crippen LogP contribution in [0, 0.1) is 0 Å². The number of unbranched alkanes of at least 4 members (excludes halogenated alkanes) is 19. The third-order valence-corrected chi connectivity index (χ3v) is 12.0. The van der Waals surface area contributed by atoms with Crippen LogP contribution in [0.1, 0.15) is 206 Å². The molecule has 374 valence electrons. The number of hydrogen-bond donors (Lipinski definition) is 6. The second-order valence-electron chi connectivity index (χ2n) is 17.9. The Hall–Kier alpha value is -2.63. The molecule has 0 bridgehead atoms. The topological polar surface area (TPSA) is 149 Å². The van der Waals surface area contributed by atoms with Gasteiger partial charge in [0.25, 0.3) is 0 Å². The van der Waals surface area contributed by atoms with Crippen molar-refractivity contribution in [2.24, 2.45) is 0 Å². The number of carbonyl (C=O) groups excluding carboxylic acids is 1. The van der Waals surface area contributed by atoms with Gasteiger partial charge in [0.2, 0.25) is 5.91 Å². The fourth-order valence-electron chi connectivity index (χ4n) is 7.86. The van der Waals surface area contributed by atoms with Gasteiger partial charge in [-0.2, -0.15) is 0 Å². The van der Waals surface area contributed by atoms with Crippen molar-refractivity contribution in [2.75, 3.05) is 13.2 Å². The third kappa shape index (κ3) is 35.2. The molecule has 0 aliphatic carbocycles. The summed E-state index contributed by atoms with van der Waals surface area (Å²) in [5.74, 6) is -0.204. The van der Waals surface area contributed by atoms with E-state index in [1.165, 1.54) is 103 Å². The van der Waals surface area contributed by atoms with E-state index < -0.39 is 49.5 Å². The van der Waals surface area contributed by atoms with Gasteiger partial charge in [-0.1, -0.05) is 221 Å². The van der Waals surface area contributed by atoms with Gasteiger partial charge in [0.1, 0.15) is 24.4 Å². The molecular formula is C56H97NO8. The fourth-order valence-corrected chi connectivity index (χ4v) is 7.86. The average Bonchev–Trinajstić information content (AvgIpc) is 3.31. The van der Waals surface area contributed by atoms with Gasteiger partial charge in [-0.3, -0.25) is 4.79 Å². The van der Waals surface area contributed by atoms with Crippen LogP contribution in [0.15, 0.2) is 85.1 Å². The van der Waals surface area contributed by atoms with Crippen LogP contribution in [0.4, 0.5) is 0 Å². The molecular weight excluding hydrogens is 815 g/mol. The summed E-state index contributed by atoms with van der Waals surface area (Å²) in [7, 11) is 0. The summed E-state index contributed by atoms with van der Waals surface area (Å²) in [6.45, 7) is 3.69. The van der Waals surface area contributed by atoms with E-state index in [1.807, 2.05) is 0 Å². The molecule has 0 aromatic rings. The van der Waals surface area contributed by atoms with Crippen LogP contribution in [0.3, 0.4) is 0 Å². The maximum Gasteiger partial charge on any atom is 0.220 e. The average molecular weight is 912 g/mol. The standard InChI is InChI=1S/C56H97NO8/c1-3-5-7-9-11-13-15-17-19-21-23-24-25-26-28-30-32-34-36-38-40-42-44-46-52(60)57-49(48-64-56-55(63)54(62)53(61)51(47-58)65-56)50(59)45-43-41-39-37-35-33-31-29-27-22-20-18-16-14-12-10-8-6-4-2/h5,7,11,13,17,19,23-24,26,28,32,34,38,40,49-51,53-56,58-59,61-63H,3-4,6,8-10,12,14-16,18,20-22,25,27,29-31,33,35-37,39,41-48H2,1-2H3,(H,57,60)/b7-5-,13-11-,19-17-,24-23-,28-26-,34-32-,40-38-. The van der Waals surface area contributed by atoms with E-state index in [-0.39, 0.29) is 18.9 Å². The van der Waals surface area contributed by atoms with Crippen LogP contribution >= 0.6 is 0 Å². The molecule has 1 heterocycles. The Bertz CT molecular complexity index is 1290. The van der Waals surface area contributed by atoms with Crippen molar-refractivity contribution in [3.8, 4) is 0 Å². The van der Waals surface area contributed by atoms with Crippen molar-refractivity contribution < 1.29 is 39.8 Å². The zero-order valence-electron chi connectivity index (χ0n) is 41.2. The quantitative estimate of drug-likeness (QED) is 0.0262. The Labute approximate surface area is 397 Å². The molecule has 0 aromatic heterocycles. The summed E-state index contributed by atoms with van der Waals surface area (Å²) in [5.41, 5.74) is 0. The number of ether oxygens (including phenoxy) is 2. The van der Waals surface area contributed by atoms with E-state index >= 15 is 0 Å². The first-order chi connectivity index (χ1) is 31.8. The molecule has 0 spiro atoms. The number of carbonyl (C=O) groups is 1. The molecule has 9 heteroatoms. The zero-order valence-corrected chi connectivity index (χ0v) is 41.2. The first-order valence-electron chi connectivity index (χ1n) is 26.3. The second kappa shape index (κ2) is 45.2. The Morgan fingerprint density at radius 2 is 0.938 bits per heavy atom. The lowest BCUT2D eigenvalue weighted by atomic mass is 9.99. The molecule has 9 nitrogen and oxygen atoms in total. The highest BCUT2D eigenvalue weighted by Crippen LogP contribution is 2.23. The molecule has 1 saturated heterocycles. The van der Waals surface area contributed by atoms with Crippen molar-refractivity contribution in [3.63, 3.8) is 0 Å². The smallest absolute Gasteiger partial charge is 0.220 e. The zero-order chi connectivity index (χ0) is 47.3. The summed E-state index contributed by atoms with van der Waals surface area (Å²) in [6.07, 6.45) is 56.0. The minimum absolute atomic E-state index is 0.166. The van der Waals surface area contributed by atoms with E-state index in [4.69, 9.17) is 9.47 Å². The summed E-state index contributed by atoms with van der Waals surface area (Å²) in [6, 6.07) is -0.755. The molecule has 1 fully saturated rings. The minimum Gasteiger partial charge on any atom is -0.394 e. The van der Waals surface area contributed by atoms with Gasteiger partial charge in [0, 0.05) is 6.42 Å². The van der Waals surface area contributed by atoms with E-state index in [9.17, 15) is 30.3 Å². The Morgan fingerprint density at radius 1 is 0.538 bits per heavy atom. The van der Waals surface area contributed by atoms with Gasteiger partial charge in [-0.25, -0.2) is 0 Å². The van der Waals surface area contributed by atoms with Crippen LogP contribution in [-0.4, -0.2) is 87.5 Å². The lowest BCUT2D eigenvalue weighted by Gasteiger charge is -2.40. The molecule has 65 heavy (non-hydrogen) atoms. The van der Waals surface area contributed by atoms with Crippen LogP contribution in [-0.2, 0) is 14.3 Å². The van der Waals surface area contributed by atoms with E-state index in [0.29, 0.717) is 12.8 Å².